The van der Waals surface area contributed by atoms with Gasteiger partial charge in [-0.25, -0.2) is 5.43 Å². The molecule has 0 aliphatic rings. The molecule has 38 heavy (non-hydrogen) atoms. The van der Waals surface area contributed by atoms with Gasteiger partial charge in [-0.15, -0.1) is 0 Å². The summed E-state index contributed by atoms with van der Waals surface area (Å²) in [6.07, 6.45) is 1.21. The number of furan rings is 1. The maximum Gasteiger partial charge on any atom is 0.329 e. The number of hydrogen-bond acceptors (Lipinski definition) is 6. The first-order chi connectivity index (χ1) is 18.3. The maximum atomic E-state index is 12.3. The van der Waals surface area contributed by atoms with Crippen molar-refractivity contribution < 1.29 is 23.6 Å². The van der Waals surface area contributed by atoms with E-state index < -0.39 is 23.6 Å². The van der Waals surface area contributed by atoms with Crippen molar-refractivity contribution in [3.05, 3.63) is 95.4 Å². The molecule has 0 aliphatic heterocycles. The van der Waals surface area contributed by atoms with Gasteiger partial charge in [-0.3, -0.25) is 19.2 Å². The Kier molecular flexibility index (Phi) is 7.92. The first-order valence-corrected chi connectivity index (χ1v) is 11.7. The van der Waals surface area contributed by atoms with E-state index in [-0.39, 0.29) is 12.3 Å². The average molecular weight is 512 g/mol. The van der Waals surface area contributed by atoms with Gasteiger partial charge in [0.2, 0.25) is 0 Å². The number of carbonyl (C=O) groups excluding carboxylic acids is 4. The third-order valence-electron chi connectivity index (χ3n) is 5.68. The summed E-state index contributed by atoms with van der Waals surface area (Å²) in [5, 5.41) is 13.1. The summed E-state index contributed by atoms with van der Waals surface area (Å²) in [4.78, 5) is 48.6. The Balaban J connectivity index is 1.24. The molecule has 10 heteroatoms. The van der Waals surface area contributed by atoms with Crippen molar-refractivity contribution >= 4 is 52.0 Å². The molecule has 0 saturated heterocycles. The van der Waals surface area contributed by atoms with Crippen LogP contribution in [0.5, 0.6) is 0 Å². The zero-order valence-electron chi connectivity index (χ0n) is 20.7. The van der Waals surface area contributed by atoms with Crippen LogP contribution in [0.25, 0.3) is 10.8 Å². The Bertz CT molecular complexity index is 1550. The molecule has 0 saturated carbocycles. The molecule has 0 radical (unpaired) electrons. The van der Waals surface area contributed by atoms with Crippen LogP contribution in [-0.2, 0) is 25.7 Å². The number of amides is 4. The van der Waals surface area contributed by atoms with Crippen LogP contribution in [0.15, 0.2) is 82.3 Å². The minimum Gasteiger partial charge on any atom is -0.458 e. The second-order valence-electron chi connectivity index (χ2n) is 8.42. The average Bonchev–Trinajstić information content (AvgIpc) is 3.37. The summed E-state index contributed by atoms with van der Waals surface area (Å²) in [6, 6.07) is 21.3. The summed E-state index contributed by atoms with van der Waals surface area (Å²) in [7, 11) is 0. The van der Waals surface area contributed by atoms with Crippen LogP contribution in [0.3, 0.4) is 0 Å². The fraction of sp³-hybridized carbons (Fsp3) is 0.107. The molecule has 3 aromatic carbocycles. The first kappa shape index (κ1) is 25.8. The van der Waals surface area contributed by atoms with Gasteiger partial charge in [0.1, 0.15) is 11.5 Å². The number of carbonyl (C=O) groups is 4. The van der Waals surface area contributed by atoms with Crippen molar-refractivity contribution in [1.82, 2.24) is 10.7 Å². The number of rotatable bonds is 6. The lowest BCUT2D eigenvalue weighted by molar-refractivity contribution is -0.136. The molecule has 4 N–H and O–H groups in total. The second kappa shape index (κ2) is 11.7. The van der Waals surface area contributed by atoms with Crippen molar-refractivity contribution in [2.75, 3.05) is 10.6 Å². The number of anilines is 2. The van der Waals surface area contributed by atoms with Crippen LogP contribution in [0.4, 0.5) is 11.4 Å². The molecule has 4 rings (SSSR count). The standard InChI is InChI=1S/C28H25N5O5/c1-17-10-11-20(14-18(17)2)31-26(35)25(34)29-15-21-12-13-22(38-21)16-30-33-28(37)27(36)32-24-9-5-7-19-6-3-4-8-23(19)24/h3-14,16H,15H2,1-2H3,(H,29,34)(H,31,35)(H,32,36)(H,33,37)/b30-16+. The molecule has 10 nitrogen and oxygen atoms in total. The van der Waals surface area contributed by atoms with Gasteiger partial charge >= 0.3 is 23.6 Å². The summed E-state index contributed by atoms with van der Waals surface area (Å²) < 4.78 is 5.50. The number of fused-ring (bicyclic) bond motifs is 1. The topological polar surface area (TPSA) is 142 Å². The van der Waals surface area contributed by atoms with Gasteiger partial charge in [0.15, 0.2) is 0 Å². The first-order valence-electron chi connectivity index (χ1n) is 11.7. The lowest BCUT2D eigenvalue weighted by Gasteiger charge is -2.07. The Morgan fingerprint density at radius 3 is 2.37 bits per heavy atom. The van der Waals surface area contributed by atoms with Gasteiger partial charge in [0.05, 0.1) is 12.8 Å². The second-order valence-corrected chi connectivity index (χ2v) is 8.42. The zero-order valence-corrected chi connectivity index (χ0v) is 20.7. The normalized spacial score (nSPS) is 10.8. The highest BCUT2D eigenvalue weighted by atomic mass is 16.3. The molecule has 0 spiro atoms. The van der Waals surface area contributed by atoms with Crippen molar-refractivity contribution in [3.8, 4) is 0 Å². The van der Waals surface area contributed by atoms with Gasteiger partial charge in [0, 0.05) is 16.8 Å². The van der Waals surface area contributed by atoms with Gasteiger partial charge in [-0.2, -0.15) is 5.10 Å². The van der Waals surface area contributed by atoms with E-state index in [0.29, 0.717) is 17.1 Å². The maximum absolute atomic E-state index is 12.3. The van der Waals surface area contributed by atoms with Crippen molar-refractivity contribution in [2.24, 2.45) is 5.10 Å². The van der Waals surface area contributed by atoms with E-state index in [1.807, 2.05) is 50.2 Å². The van der Waals surface area contributed by atoms with Crippen LogP contribution in [0.1, 0.15) is 22.6 Å². The fourth-order valence-electron chi connectivity index (χ4n) is 3.53. The largest absolute Gasteiger partial charge is 0.458 e. The lowest BCUT2D eigenvalue weighted by Crippen LogP contribution is -2.34. The zero-order chi connectivity index (χ0) is 27.1. The monoisotopic (exact) mass is 511 g/mol. The summed E-state index contributed by atoms with van der Waals surface area (Å²) in [5.74, 6) is -2.82. The van der Waals surface area contributed by atoms with Crippen molar-refractivity contribution in [2.45, 2.75) is 20.4 Å². The summed E-state index contributed by atoms with van der Waals surface area (Å²) >= 11 is 0. The van der Waals surface area contributed by atoms with Gasteiger partial charge in [-0.05, 0) is 60.7 Å². The molecular weight excluding hydrogens is 486 g/mol. The molecule has 0 bridgehead atoms. The molecule has 1 heterocycles. The quantitative estimate of drug-likeness (QED) is 0.178. The van der Waals surface area contributed by atoms with E-state index in [0.717, 1.165) is 21.9 Å². The lowest BCUT2D eigenvalue weighted by atomic mass is 10.1. The van der Waals surface area contributed by atoms with Crippen molar-refractivity contribution in [1.29, 1.82) is 0 Å². The molecule has 0 atom stereocenters. The Labute approximate surface area is 218 Å². The van der Waals surface area contributed by atoms with Crippen molar-refractivity contribution in [3.63, 3.8) is 0 Å². The highest BCUT2D eigenvalue weighted by Gasteiger charge is 2.16. The number of benzene rings is 3. The molecule has 0 aliphatic carbocycles. The molecule has 0 unspecified atom stereocenters. The van der Waals surface area contributed by atoms with Gasteiger partial charge in [-0.1, -0.05) is 42.5 Å². The number of aryl methyl sites for hydroxylation is 2. The number of nitrogens with one attached hydrogen (secondary N) is 4. The Hall–Kier alpha value is -5.25. The van der Waals surface area contributed by atoms with E-state index in [4.69, 9.17) is 4.42 Å². The van der Waals surface area contributed by atoms with E-state index in [1.54, 1.807) is 36.4 Å². The van der Waals surface area contributed by atoms with E-state index in [1.165, 1.54) is 6.21 Å². The van der Waals surface area contributed by atoms with Crippen LogP contribution in [0.2, 0.25) is 0 Å². The molecule has 4 amide bonds. The highest BCUT2D eigenvalue weighted by Crippen LogP contribution is 2.22. The van der Waals surface area contributed by atoms with Crippen LogP contribution >= 0.6 is 0 Å². The Morgan fingerprint density at radius 1 is 0.789 bits per heavy atom. The van der Waals surface area contributed by atoms with Crippen LogP contribution < -0.4 is 21.4 Å². The van der Waals surface area contributed by atoms with E-state index in [2.05, 4.69) is 26.5 Å². The fourth-order valence-corrected chi connectivity index (χ4v) is 3.53. The molecule has 192 valence electrons. The number of hydrazone groups is 1. The van der Waals surface area contributed by atoms with E-state index in [9.17, 15) is 19.2 Å². The highest BCUT2D eigenvalue weighted by molar-refractivity contribution is 6.40. The van der Waals surface area contributed by atoms with Crippen LogP contribution in [-0.4, -0.2) is 29.8 Å². The van der Waals surface area contributed by atoms with Crippen LogP contribution in [0, 0.1) is 13.8 Å². The molecular formula is C28H25N5O5. The van der Waals surface area contributed by atoms with E-state index >= 15 is 0 Å². The Morgan fingerprint density at radius 2 is 1.55 bits per heavy atom. The molecule has 1 aromatic heterocycles. The molecule has 4 aromatic rings. The minimum absolute atomic E-state index is 0.0349. The smallest absolute Gasteiger partial charge is 0.329 e. The summed E-state index contributed by atoms with van der Waals surface area (Å²) in [5.41, 5.74) is 5.24. The summed E-state index contributed by atoms with van der Waals surface area (Å²) in [6.45, 7) is 3.83. The number of hydrogen-bond donors (Lipinski definition) is 4. The number of nitrogens with zero attached hydrogens (tertiary/aromatic N) is 1. The third-order valence-corrected chi connectivity index (χ3v) is 5.68. The SMILES string of the molecule is Cc1ccc(NC(=O)C(=O)NCc2ccc(/C=N/NC(=O)C(=O)Nc3cccc4ccccc34)o2)cc1C. The third kappa shape index (κ3) is 6.49. The minimum atomic E-state index is -0.956. The molecule has 0 fully saturated rings. The van der Waals surface area contributed by atoms with Gasteiger partial charge < -0.3 is 20.4 Å². The van der Waals surface area contributed by atoms with Gasteiger partial charge in [0.25, 0.3) is 0 Å². The predicted molar refractivity (Wildman–Crippen MR) is 143 cm³/mol. The predicted octanol–water partition coefficient (Wildman–Crippen LogP) is 3.39.